The molecule has 4 N–H and O–H groups in total. The molecule has 2 aromatic rings. The minimum atomic E-state index is -3.86. The fourth-order valence-electron chi connectivity index (χ4n) is 2.82. The monoisotopic (exact) mass is 446 g/mol. The average Bonchev–Trinajstić information content (AvgIpc) is 2.66. The van der Waals surface area contributed by atoms with E-state index in [1.807, 2.05) is 39.0 Å². The second-order valence-electron chi connectivity index (χ2n) is 8.04. The number of rotatable bonds is 7. The number of amidine groups is 1. The number of anilines is 1. The maximum atomic E-state index is 11.8. The summed E-state index contributed by atoms with van der Waals surface area (Å²) in [5.74, 6) is 0.754. The summed E-state index contributed by atoms with van der Waals surface area (Å²) in [6.45, 7) is 6.72. The molecule has 1 aliphatic heterocycles. The molecule has 9 nitrogen and oxygen atoms in total. The number of hydrogen-bond donors (Lipinski definition) is 3. The molecule has 3 rings (SSSR count). The van der Waals surface area contributed by atoms with Gasteiger partial charge in [-0.1, -0.05) is 39.0 Å². The first-order valence-electron chi connectivity index (χ1n) is 9.69. The summed E-state index contributed by atoms with van der Waals surface area (Å²) < 4.78 is 40.8. The summed E-state index contributed by atoms with van der Waals surface area (Å²) in [6.07, 6.45) is 0. The summed E-state index contributed by atoms with van der Waals surface area (Å²) in [5, 5.41) is 2.83. The lowest BCUT2D eigenvalue weighted by Gasteiger charge is -2.19. The number of nitrogens with two attached hydrogens (primary N) is 1. The lowest BCUT2D eigenvalue weighted by Crippen LogP contribution is -2.36. The lowest BCUT2D eigenvalue weighted by molar-refractivity contribution is -0.128. The van der Waals surface area contributed by atoms with Crippen LogP contribution in [0.1, 0.15) is 31.9 Å². The van der Waals surface area contributed by atoms with Gasteiger partial charge in [-0.15, -0.1) is 4.40 Å². The topological polar surface area (TPSA) is 132 Å². The molecule has 0 radical (unpaired) electrons. The highest BCUT2D eigenvalue weighted by Crippen LogP contribution is 2.33. The number of carbonyl (C=O) groups excluding carboxylic acids is 1. The Hall–Kier alpha value is -3.11. The molecule has 0 saturated carbocycles. The first-order chi connectivity index (χ1) is 14.5. The highest BCUT2D eigenvalue weighted by Gasteiger charge is 2.24. The van der Waals surface area contributed by atoms with Gasteiger partial charge >= 0.3 is 10.2 Å². The number of ether oxygens (including phenoxy) is 2. The molecule has 0 aromatic heterocycles. The van der Waals surface area contributed by atoms with Crippen LogP contribution in [0.25, 0.3) is 0 Å². The highest BCUT2D eigenvalue weighted by molar-refractivity contribution is 7.91. The van der Waals surface area contributed by atoms with Crippen LogP contribution in [-0.4, -0.2) is 33.3 Å². The van der Waals surface area contributed by atoms with E-state index in [1.165, 1.54) is 0 Å². The van der Waals surface area contributed by atoms with Crippen LogP contribution in [0.3, 0.4) is 0 Å². The van der Waals surface area contributed by atoms with Gasteiger partial charge in [0.25, 0.3) is 0 Å². The van der Waals surface area contributed by atoms with Crippen LogP contribution >= 0.6 is 0 Å². The predicted octanol–water partition coefficient (Wildman–Crippen LogP) is 2.53. The molecule has 0 atom stereocenters. The zero-order chi connectivity index (χ0) is 22.6. The van der Waals surface area contributed by atoms with Crippen LogP contribution in [0, 0.1) is 5.41 Å². The first kappa shape index (κ1) is 22.6. The van der Waals surface area contributed by atoms with Crippen LogP contribution in [0.2, 0.25) is 0 Å². The highest BCUT2D eigenvalue weighted by atomic mass is 32.2. The Labute approximate surface area is 181 Å². The molecule has 0 spiro atoms. The number of benzene rings is 2. The normalized spacial score (nSPS) is 14.7. The quantitative estimate of drug-likeness (QED) is 0.560. The van der Waals surface area contributed by atoms with Crippen molar-refractivity contribution in [2.45, 2.75) is 27.4 Å². The minimum Gasteiger partial charge on any atom is -0.457 e. The van der Waals surface area contributed by atoms with E-state index in [4.69, 9.17) is 15.2 Å². The van der Waals surface area contributed by atoms with Gasteiger partial charge in [-0.25, -0.2) is 0 Å². The van der Waals surface area contributed by atoms with Gasteiger partial charge < -0.3 is 20.5 Å². The Morgan fingerprint density at radius 3 is 2.68 bits per heavy atom. The third kappa shape index (κ3) is 5.96. The van der Waals surface area contributed by atoms with Crippen LogP contribution in [0.15, 0.2) is 46.9 Å². The van der Waals surface area contributed by atoms with E-state index in [2.05, 4.69) is 14.4 Å². The van der Waals surface area contributed by atoms with Crippen LogP contribution in [0.5, 0.6) is 11.5 Å². The number of nitrogens with one attached hydrogen (secondary N) is 2. The van der Waals surface area contributed by atoms with Crippen molar-refractivity contribution >= 4 is 27.6 Å². The van der Waals surface area contributed by atoms with E-state index in [-0.39, 0.29) is 11.7 Å². The van der Waals surface area contributed by atoms with Crippen molar-refractivity contribution in [1.82, 2.24) is 5.32 Å². The van der Waals surface area contributed by atoms with Gasteiger partial charge in [0.1, 0.15) is 11.5 Å². The summed E-state index contributed by atoms with van der Waals surface area (Å²) in [4.78, 5) is 11.8. The number of fused-ring (bicyclic) bond motifs is 1. The standard InChI is InChI=1S/C21H26N4O5S/c1-21(2,3)20(26)23-10-11-29-13-14-6-4-7-15(12-14)30-17-9-5-8-16-18(17)19(22)25-31(27,28)24-16/h4-9,12,24H,10-11,13H2,1-3H3,(H2,22,25)(H,23,26). The van der Waals surface area contributed by atoms with Crippen molar-refractivity contribution in [3.05, 3.63) is 53.6 Å². The number of amides is 1. The fraction of sp³-hybridized carbons (Fsp3) is 0.333. The Balaban J connectivity index is 1.62. The third-order valence-electron chi connectivity index (χ3n) is 4.35. The maximum Gasteiger partial charge on any atom is 0.344 e. The fourth-order valence-corrected chi connectivity index (χ4v) is 3.66. The Morgan fingerprint density at radius 1 is 1.19 bits per heavy atom. The molecule has 10 heteroatoms. The van der Waals surface area contributed by atoms with Crippen molar-refractivity contribution < 1.29 is 22.7 Å². The predicted molar refractivity (Wildman–Crippen MR) is 118 cm³/mol. The summed E-state index contributed by atoms with van der Waals surface area (Å²) in [5.41, 5.74) is 6.99. The van der Waals surface area contributed by atoms with Gasteiger partial charge in [0, 0.05) is 12.0 Å². The Bertz CT molecular complexity index is 1110. The van der Waals surface area contributed by atoms with Gasteiger partial charge in [-0.3, -0.25) is 9.52 Å². The van der Waals surface area contributed by atoms with Crippen molar-refractivity contribution in [3.8, 4) is 11.5 Å². The third-order valence-corrected chi connectivity index (χ3v) is 5.26. The molecule has 166 valence electrons. The molecular weight excluding hydrogens is 420 g/mol. The van der Waals surface area contributed by atoms with E-state index in [9.17, 15) is 13.2 Å². The Morgan fingerprint density at radius 2 is 1.94 bits per heavy atom. The number of nitrogens with zero attached hydrogens (tertiary/aromatic N) is 1. The van der Waals surface area contributed by atoms with Crippen LogP contribution in [0.4, 0.5) is 5.69 Å². The van der Waals surface area contributed by atoms with E-state index in [0.29, 0.717) is 42.5 Å². The zero-order valence-electron chi connectivity index (χ0n) is 17.6. The molecule has 1 amide bonds. The van der Waals surface area contributed by atoms with E-state index in [0.717, 1.165) is 5.56 Å². The molecular formula is C21H26N4O5S. The maximum absolute atomic E-state index is 11.8. The average molecular weight is 447 g/mol. The molecule has 1 heterocycles. The van der Waals surface area contributed by atoms with Gasteiger partial charge in [-0.2, -0.15) is 8.42 Å². The van der Waals surface area contributed by atoms with Crippen molar-refractivity contribution in [1.29, 1.82) is 0 Å². The zero-order valence-corrected chi connectivity index (χ0v) is 18.5. The second kappa shape index (κ2) is 8.94. The molecule has 31 heavy (non-hydrogen) atoms. The smallest absolute Gasteiger partial charge is 0.344 e. The van der Waals surface area contributed by atoms with Gasteiger partial charge in [0.15, 0.2) is 5.84 Å². The van der Waals surface area contributed by atoms with Gasteiger partial charge in [0.2, 0.25) is 5.91 Å². The number of hydrogen-bond acceptors (Lipinski definition) is 6. The number of carbonyl (C=O) groups is 1. The molecule has 0 saturated heterocycles. The minimum absolute atomic E-state index is 0.0252. The van der Waals surface area contributed by atoms with Crippen molar-refractivity contribution in [2.75, 3.05) is 17.9 Å². The molecule has 0 aliphatic carbocycles. The van der Waals surface area contributed by atoms with Crippen LogP contribution in [-0.2, 0) is 26.3 Å². The van der Waals surface area contributed by atoms with Crippen molar-refractivity contribution in [2.24, 2.45) is 15.5 Å². The second-order valence-corrected chi connectivity index (χ2v) is 9.38. The van der Waals surface area contributed by atoms with E-state index >= 15 is 0 Å². The SMILES string of the molecule is CC(C)(C)C(=O)NCCOCc1cccc(Oc2cccc3c2C(N)=NS(=O)(=O)N3)c1. The van der Waals surface area contributed by atoms with Gasteiger partial charge in [0.05, 0.1) is 24.5 Å². The molecule has 0 fully saturated rings. The van der Waals surface area contributed by atoms with Crippen molar-refractivity contribution in [3.63, 3.8) is 0 Å². The largest absolute Gasteiger partial charge is 0.457 e. The van der Waals surface area contributed by atoms with Gasteiger partial charge in [-0.05, 0) is 29.8 Å². The molecule has 2 aromatic carbocycles. The lowest BCUT2D eigenvalue weighted by atomic mass is 9.96. The van der Waals surface area contributed by atoms with Crippen LogP contribution < -0.4 is 20.5 Å². The molecule has 1 aliphatic rings. The van der Waals surface area contributed by atoms with E-state index < -0.39 is 15.6 Å². The first-order valence-corrected chi connectivity index (χ1v) is 11.1. The summed E-state index contributed by atoms with van der Waals surface area (Å²) in [6, 6.07) is 12.2. The Kier molecular flexibility index (Phi) is 6.51. The molecule has 0 bridgehead atoms. The summed E-state index contributed by atoms with van der Waals surface area (Å²) in [7, 11) is -3.86. The molecule has 0 unspecified atom stereocenters. The van der Waals surface area contributed by atoms with E-state index in [1.54, 1.807) is 24.3 Å². The summed E-state index contributed by atoms with van der Waals surface area (Å²) >= 11 is 0.